The average molecular weight is 351 g/mol. The van der Waals surface area contributed by atoms with Gasteiger partial charge in [0.05, 0.1) is 26.2 Å². The Kier molecular flexibility index (Phi) is 8.99. The summed E-state index contributed by atoms with van der Waals surface area (Å²) in [7, 11) is 2.93. The van der Waals surface area contributed by atoms with E-state index in [0.717, 1.165) is 0 Å². The molecule has 0 aliphatic carbocycles. The lowest BCUT2D eigenvalue weighted by molar-refractivity contribution is -0.145. The molecule has 1 rings (SSSR count). The molecule has 1 aromatic carbocycles. The van der Waals surface area contributed by atoms with Gasteiger partial charge in [-0.05, 0) is 44.5 Å². The molecule has 1 aromatic rings. The number of esters is 1. The number of hydrogen-bond donors (Lipinski definition) is 0. The highest BCUT2D eigenvalue weighted by molar-refractivity contribution is 5.94. The van der Waals surface area contributed by atoms with E-state index >= 15 is 0 Å². The van der Waals surface area contributed by atoms with Gasteiger partial charge >= 0.3 is 5.97 Å². The summed E-state index contributed by atoms with van der Waals surface area (Å²) in [5.41, 5.74) is 0.558. The van der Waals surface area contributed by atoms with Crippen molar-refractivity contribution in [3.63, 3.8) is 0 Å². The Balaban J connectivity index is 2.79. The van der Waals surface area contributed by atoms with E-state index in [0.29, 0.717) is 37.4 Å². The van der Waals surface area contributed by atoms with E-state index in [1.54, 1.807) is 43.2 Å². The third-order valence-corrected chi connectivity index (χ3v) is 3.75. The molecule has 0 bridgehead atoms. The minimum absolute atomic E-state index is 0.122. The molecular formula is C19H29NO5. The highest BCUT2D eigenvalue weighted by Gasteiger charge is 2.22. The average Bonchev–Trinajstić information content (AvgIpc) is 2.62. The molecule has 140 valence electrons. The SMILES string of the molecule is COC(=O)C(C)CN(CCCOC(C)C)C(=O)c1ccc(OC)cc1. The van der Waals surface area contributed by atoms with Gasteiger partial charge in [-0.25, -0.2) is 0 Å². The Morgan fingerprint density at radius 3 is 2.24 bits per heavy atom. The van der Waals surface area contributed by atoms with Crippen molar-refractivity contribution < 1.29 is 23.8 Å². The van der Waals surface area contributed by atoms with E-state index in [-0.39, 0.29) is 18.0 Å². The Morgan fingerprint density at radius 2 is 1.72 bits per heavy atom. The Hall–Kier alpha value is -2.08. The lowest BCUT2D eigenvalue weighted by Gasteiger charge is -2.25. The quantitative estimate of drug-likeness (QED) is 0.479. The first kappa shape index (κ1) is 21.0. The van der Waals surface area contributed by atoms with Crippen LogP contribution in [-0.2, 0) is 14.3 Å². The maximum atomic E-state index is 12.8. The fourth-order valence-corrected chi connectivity index (χ4v) is 2.37. The topological polar surface area (TPSA) is 65.1 Å². The van der Waals surface area contributed by atoms with Crippen LogP contribution in [0.25, 0.3) is 0 Å². The molecule has 25 heavy (non-hydrogen) atoms. The number of methoxy groups -OCH3 is 2. The van der Waals surface area contributed by atoms with Crippen molar-refractivity contribution in [3.8, 4) is 5.75 Å². The van der Waals surface area contributed by atoms with Crippen LogP contribution in [0.4, 0.5) is 0 Å². The number of hydrogen-bond acceptors (Lipinski definition) is 5. The predicted octanol–water partition coefficient (Wildman–Crippen LogP) is 2.76. The molecule has 0 N–H and O–H groups in total. The number of amides is 1. The molecule has 0 spiro atoms. The molecule has 0 saturated carbocycles. The van der Waals surface area contributed by atoms with Crippen LogP contribution >= 0.6 is 0 Å². The van der Waals surface area contributed by atoms with Gasteiger partial charge < -0.3 is 19.1 Å². The second kappa shape index (κ2) is 10.7. The summed E-state index contributed by atoms with van der Waals surface area (Å²) in [6, 6.07) is 6.94. The molecule has 1 amide bonds. The standard InChI is InChI=1S/C19H29NO5/c1-14(2)25-12-6-11-20(13-15(3)19(22)24-5)18(21)16-7-9-17(23-4)10-8-16/h7-10,14-15H,6,11-13H2,1-5H3. The number of ether oxygens (including phenoxy) is 3. The van der Waals surface area contributed by atoms with Gasteiger partial charge in [0.25, 0.3) is 5.91 Å². The fourth-order valence-electron chi connectivity index (χ4n) is 2.37. The van der Waals surface area contributed by atoms with Gasteiger partial charge in [0.1, 0.15) is 5.75 Å². The Bertz CT molecular complexity index is 541. The zero-order valence-corrected chi connectivity index (χ0v) is 15.8. The molecular weight excluding hydrogens is 322 g/mol. The summed E-state index contributed by atoms with van der Waals surface area (Å²) in [5, 5.41) is 0. The Labute approximate surface area is 150 Å². The van der Waals surface area contributed by atoms with Crippen molar-refractivity contribution in [2.75, 3.05) is 33.9 Å². The van der Waals surface area contributed by atoms with Crippen molar-refractivity contribution in [3.05, 3.63) is 29.8 Å². The summed E-state index contributed by atoms with van der Waals surface area (Å²) in [6.07, 6.45) is 0.855. The van der Waals surface area contributed by atoms with Gasteiger partial charge in [-0.3, -0.25) is 9.59 Å². The third kappa shape index (κ3) is 7.13. The molecule has 0 aliphatic rings. The molecule has 0 aromatic heterocycles. The molecule has 6 nitrogen and oxygen atoms in total. The van der Waals surface area contributed by atoms with Crippen LogP contribution < -0.4 is 4.74 Å². The smallest absolute Gasteiger partial charge is 0.310 e. The molecule has 0 saturated heterocycles. The molecule has 1 unspecified atom stereocenters. The third-order valence-electron chi connectivity index (χ3n) is 3.75. The lowest BCUT2D eigenvalue weighted by atomic mass is 10.1. The minimum Gasteiger partial charge on any atom is -0.497 e. The van der Waals surface area contributed by atoms with Crippen molar-refractivity contribution >= 4 is 11.9 Å². The number of rotatable bonds is 10. The normalized spacial score (nSPS) is 11.9. The van der Waals surface area contributed by atoms with Crippen molar-refractivity contribution in [2.45, 2.75) is 33.3 Å². The number of carbonyl (C=O) groups is 2. The highest BCUT2D eigenvalue weighted by atomic mass is 16.5. The second-order valence-electron chi connectivity index (χ2n) is 6.18. The van der Waals surface area contributed by atoms with Gasteiger partial charge in [-0.2, -0.15) is 0 Å². The van der Waals surface area contributed by atoms with Crippen molar-refractivity contribution in [1.82, 2.24) is 4.90 Å². The Morgan fingerprint density at radius 1 is 1.08 bits per heavy atom. The van der Waals surface area contributed by atoms with E-state index in [4.69, 9.17) is 14.2 Å². The summed E-state index contributed by atoms with van der Waals surface area (Å²) < 4.78 is 15.4. The molecule has 0 fully saturated rings. The first-order chi connectivity index (χ1) is 11.9. The summed E-state index contributed by atoms with van der Waals surface area (Å²) in [6.45, 7) is 7.08. The number of carbonyl (C=O) groups excluding carboxylic acids is 2. The highest BCUT2D eigenvalue weighted by Crippen LogP contribution is 2.15. The first-order valence-corrected chi connectivity index (χ1v) is 8.51. The van der Waals surface area contributed by atoms with Crippen LogP contribution in [0, 0.1) is 5.92 Å². The van der Waals surface area contributed by atoms with E-state index in [9.17, 15) is 9.59 Å². The maximum absolute atomic E-state index is 12.8. The first-order valence-electron chi connectivity index (χ1n) is 8.51. The van der Waals surface area contributed by atoms with Crippen molar-refractivity contribution in [2.24, 2.45) is 5.92 Å². The molecule has 0 radical (unpaired) electrons. The van der Waals surface area contributed by atoms with Gasteiger partial charge in [-0.15, -0.1) is 0 Å². The zero-order valence-electron chi connectivity index (χ0n) is 15.8. The number of nitrogens with zero attached hydrogens (tertiary/aromatic N) is 1. The second-order valence-corrected chi connectivity index (χ2v) is 6.18. The maximum Gasteiger partial charge on any atom is 0.310 e. The van der Waals surface area contributed by atoms with E-state index in [2.05, 4.69) is 0 Å². The van der Waals surface area contributed by atoms with Gasteiger partial charge in [-0.1, -0.05) is 6.92 Å². The van der Waals surface area contributed by atoms with Gasteiger partial charge in [0.15, 0.2) is 0 Å². The molecule has 6 heteroatoms. The van der Waals surface area contributed by atoms with Crippen LogP contribution in [0.1, 0.15) is 37.6 Å². The zero-order chi connectivity index (χ0) is 18.8. The van der Waals surface area contributed by atoms with Crippen LogP contribution in [0.5, 0.6) is 5.75 Å². The molecule has 0 aliphatic heterocycles. The van der Waals surface area contributed by atoms with Crippen LogP contribution in [0.2, 0.25) is 0 Å². The largest absolute Gasteiger partial charge is 0.497 e. The van der Waals surface area contributed by atoms with Crippen LogP contribution in [0.3, 0.4) is 0 Å². The van der Waals surface area contributed by atoms with E-state index in [1.165, 1.54) is 7.11 Å². The van der Waals surface area contributed by atoms with Gasteiger partial charge in [0.2, 0.25) is 0 Å². The van der Waals surface area contributed by atoms with E-state index < -0.39 is 5.92 Å². The predicted molar refractivity (Wildman–Crippen MR) is 95.8 cm³/mol. The number of benzene rings is 1. The minimum atomic E-state index is -0.391. The fraction of sp³-hybridized carbons (Fsp3) is 0.579. The molecule has 1 atom stereocenters. The lowest BCUT2D eigenvalue weighted by Crippen LogP contribution is -2.38. The van der Waals surface area contributed by atoms with Crippen molar-refractivity contribution in [1.29, 1.82) is 0 Å². The van der Waals surface area contributed by atoms with Crippen LogP contribution in [0.15, 0.2) is 24.3 Å². The summed E-state index contributed by atoms with van der Waals surface area (Å²) >= 11 is 0. The van der Waals surface area contributed by atoms with Crippen LogP contribution in [-0.4, -0.2) is 56.8 Å². The summed E-state index contributed by atoms with van der Waals surface area (Å²) in [4.78, 5) is 26.2. The molecule has 0 heterocycles. The summed E-state index contributed by atoms with van der Waals surface area (Å²) in [5.74, 6) is -0.150. The van der Waals surface area contributed by atoms with E-state index in [1.807, 2.05) is 13.8 Å². The van der Waals surface area contributed by atoms with Gasteiger partial charge in [0, 0.05) is 25.3 Å². The monoisotopic (exact) mass is 351 g/mol.